The van der Waals surface area contributed by atoms with Crippen molar-refractivity contribution in [3.8, 4) is 28.7 Å². The van der Waals surface area contributed by atoms with E-state index in [9.17, 15) is 9.90 Å². The molecule has 0 saturated heterocycles. The minimum absolute atomic E-state index is 0.115. The molecule has 2 aliphatic rings. The minimum atomic E-state index is -1.11. The van der Waals surface area contributed by atoms with Gasteiger partial charge in [-0.25, -0.2) is 0 Å². The highest BCUT2D eigenvalue weighted by Gasteiger charge is 2.54. The van der Waals surface area contributed by atoms with Gasteiger partial charge in [-0.05, 0) is 72.0 Å². The first-order chi connectivity index (χ1) is 20.0. The van der Waals surface area contributed by atoms with E-state index in [1.165, 1.54) is 0 Å². The van der Waals surface area contributed by atoms with E-state index in [2.05, 4.69) is 11.9 Å². The van der Waals surface area contributed by atoms with E-state index < -0.39 is 17.3 Å². The molecule has 0 radical (unpaired) electrons. The highest BCUT2D eigenvalue weighted by molar-refractivity contribution is 5.80. The highest BCUT2D eigenvalue weighted by Crippen LogP contribution is 2.57. The van der Waals surface area contributed by atoms with Gasteiger partial charge >= 0.3 is 5.97 Å². The van der Waals surface area contributed by atoms with Crippen LogP contribution in [0.4, 0.5) is 0 Å². The number of carboxylic acids is 1. The molecule has 0 bridgehead atoms. The van der Waals surface area contributed by atoms with Crippen LogP contribution in [-0.2, 0) is 23.2 Å². The van der Waals surface area contributed by atoms with Crippen molar-refractivity contribution in [2.45, 2.75) is 31.8 Å². The molecular formula is C33H31NO7. The summed E-state index contributed by atoms with van der Waals surface area (Å²) < 4.78 is 29.2. The van der Waals surface area contributed by atoms with Crippen molar-refractivity contribution in [3.63, 3.8) is 0 Å². The molecule has 1 aromatic heterocycles. The Morgan fingerprint density at radius 3 is 2.59 bits per heavy atom. The molecule has 0 spiro atoms. The van der Waals surface area contributed by atoms with Crippen LogP contribution in [-0.4, -0.2) is 36.6 Å². The smallest absolute Gasteiger partial charge is 0.308 e. The quantitative estimate of drug-likeness (QED) is 0.264. The molecule has 8 nitrogen and oxygen atoms in total. The van der Waals surface area contributed by atoms with Crippen LogP contribution in [0, 0.1) is 5.92 Å². The number of benzene rings is 3. The van der Waals surface area contributed by atoms with Crippen molar-refractivity contribution in [2.24, 2.45) is 5.92 Å². The average molecular weight is 554 g/mol. The van der Waals surface area contributed by atoms with Gasteiger partial charge in [-0.2, -0.15) is 0 Å². The monoisotopic (exact) mass is 553 g/mol. The number of methoxy groups -OCH3 is 1. The molecule has 0 amide bonds. The number of carboxylic acid groups (broad SMARTS) is 1. The maximum atomic E-state index is 13.2. The first-order valence-corrected chi connectivity index (χ1v) is 13.6. The first-order valence-electron chi connectivity index (χ1n) is 13.6. The third kappa shape index (κ3) is 4.69. The molecule has 4 aromatic rings. The zero-order valence-corrected chi connectivity index (χ0v) is 23.0. The molecule has 3 aromatic carbocycles. The number of hydrogen-bond acceptors (Lipinski definition) is 7. The van der Waals surface area contributed by atoms with Gasteiger partial charge in [0.2, 0.25) is 6.79 Å². The van der Waals surface area contributed by atoms with Gasteiger partial charge in [-0.3, -0.25) is 9.78 Å². The molecule has 2 unspecified atom stereocenters. The van der Waals surface area contributed by atoms with E-state index in [0.29, 0.717) is 41.6 Å². The lowest BCUT2D eigenvalue weighted by Gasteiger charge is -2.37. The van der Waals surface area contributed by atoms with Crippen LogP contribution in [0.2, 0.25) is 0 Å². The van der Waals surface area contributed by atoms with Gasteiger partial charge in [0.05, 0.1) is 30.7 Å². The van der Waals surface area contributed by atoms with Crippen molar-refractivity contribution < 1.29 is 33.6 Å². The van der Waals surface area contributed by atoms with Gasteiger partial charge in [-0.15, -0.1) is 0 Å². The van der Waals surface area contributed by atoms with Crippen LogP contribution in [0.15, 0.2) is 79.0 Å². The van der Waals surface area contributed by atoms with Gasteiger partial charge in [0, 0.05) is 17.8 Å². The second kappa shape index (κ2) is 11.0. The second-order valence-corrected chi connectivity index (χ2v) is 10.1. The molecule has 0 saturated carbocycles. The summed E-state index contributed by atoms with van der Waals surface area (Å²) in [4.78, 5) is 17.6. The van der Waals surface area contributed by atoms with E-state index in [1.54, 1.807) is 13.3 Å². The number of ether oxygens (including phenoxy) is 5. The third-order valence-corrected chi connectivity index (χ3v) is 7.76. The Bertz CT molecular complexity index is 1570. The molecule has 6 rings (SSSR count). The average Bonchev–Trinajstić information content (AvgIpc) is 3.62. The Morgan fingerprint density at radius 2 is 1.80 bits per heavy atom. The van der Waals surface area contributed by atoms with Crippen molar-refractivity contribution in [1.82, 2.24) is 4.98 Å². The van der Waals surface area contributed by atoms with E-state index in [1.807, 2.05) is 72.8 Å². The molecule has 2 atom stereocenters. The van der Waals surface area contributed by atoms with E-state index >= 15 is 0 Å². The molecule has 1 aliphatic carbocycles. The molecule has 41 heavy (non-hydrogen) atoms. The largest absolute Gasteiger partial charge is 0.497 e. The van der Waals surface area contributed by atoms with Crippen molar-refractivity contribution in [3.05, 3.63) is 107 Å². The lowest BCUT2D eigenvalue weighted by molar-refractivity contribution is -0.142. The third-order valence-electron chi connectivity index (χ3n) is 7.76. The second-order valence-electron chi connectivity index (χ2n) is 10.1. The number of fused-ring (bicyclic) bond motifs is 2. The predicted octanol–water partition coefficient (Wildman–Crippen LogP) is 5.78. The summed E-state index contributed by atoms with van der Waals surface area (Å²) in [6.07, 6.45) is 2.90. The number of aromatic nitrogens is 1. The lowest BCUT2D eigenvalue weighted by atomic mass is 9.64. The zero-order valence-electron chi connectivity index (χ0n) is 23.0. The summed E-state index contributed by atoms with van der Waals surface area (Å²) in [5.74, 6) is 1.27. The Kier molecular flexibility index (Phi) is 7.14. The summed E-state index contributed by atoms with van der Waals surface area (Å²) in [5.41, 5.74) is 2.90. The van der Waals surface area contributed by atoms with Crippen LogP contribution in [0.5, 0.6) is 28.7 Å². The fourth-order valence-electron chi connectivity index (χ4n) is 5.96. The molecule has 8 heteroatoms. The summed E-state index contributed by atoms with van der Waals surface area (Å²) in [7, 11) is 1.59. The number of hydrogen-bond donors (Lipinski definition) is 1. The van der Waals surface area contributed by atoms with Crippen LogP contribution >= 0.6 is 0 Å². The predicted molar refractivity (Wildman–Crippen MR) is 151 cm³/mol. The van der Waals surface area contributed by atoms with Gasteiger partial charge in [0.15, 0.2) is 11.5 Å². The molecular weight excluding hydrogens is 522 g/mol. The molecule has 1 N–H and O–H groups in total. The van der Waals surface area contributed by atoms with E-state index in [4.69, 9.17) is 23.7 Å². The lowest BCUT2D eigenvalue weighted by Crippen LogP contribution is -2.39. The molecule has 2 heterocycles. The van der Waals surface area contributed by atoms with Crippen LogP contribution < -0.4 is 23.7 Å². The van der Waals surface area contributed by atoms with Crippen LogP contribution in [0.1, 0.15) is 41.3 Å². The highest BCUT2D eigenvalue weighted by atomic mass is 16.7. The van der Waals surface area contributed by atoms with Crippen molar-refractivity contribution in [2.75, 3.05) is 20.5 Å². The normalized spacial score (nSPS) is 18.5. The summed E-state index contributed by atoms with van der Waals surface area (Å²) in [6.45, 7) is 2.95. The first kappa shape index (κ1) is 26.5. The number of rotatable bonds is 10. The summed E-state index contributed by atoms with van der Waals surface area (Å²) in [6, 6.07) is 22.7. The fraction of sp³-hybridized carbons (Fsp3) is 0.273. The molecule has 210 valence electrons. The zero-order chi connectivity index (χ0) is 28.4. The Balaban J connectivity index is 1.59. The standard InChI is InChI=1S/C33H31NO7/c1-3-14-38-25-9-10-26-21(15-25)16-28(32(35)36)33(26,22-7-12-29-31(17-22)41-20-40-29)27-11-8-24(37-2)18-30(27)39-19-23-6-4-5-13-34-23/h4-13,15,17-18,28H,3,14,16,19-20H2,1-2H3,(H,35,36). The Hall–Kier alpha value is -4.72. The fourth-order valence-corrected chi connectivity index (χ4v) is 5.96. The Morgan fingerprint density at radius 1 is 0.976 bits per heavy atom. The summed E-state index contributed by atoms with van der Waals surface area (Å²) in [5, 5.41) is 10.8. The minimum Gasteiger partial charge on any atom is -0.497 e. The topological polar surface area (TPSA) is 96.3 Å². The van der Waals surface area contributed by atoms with Crippen LogP contribution in [0.3, 0.4) is 0 Å². The number of nitrogens with zero attached hydrogens (tertiary/aromatic N) is 1. The van der Waals surface area contributed by atoms with E-state index in [-0.39, 0.29) is 13.4 Å². The number of pyridine rings is 1. The molecule has 0 fully saturated rings. The summed E-state index contributed by atoms with van der Waals surface area (Å²) >= 11 is 0. The van der Waals surface area contributed by atoms with Gasteiger partial charge in [0.1, 0.15) is 23.9 Å². The Labute approximate surface area is 238 Å². The maximum Gasteiger partial charge on any atom is 0.308 e. The van der Waals surface area contributed by atoms with Crippen LogP contribution in [0.25, 0.3) is 0 Å². The van der Waals surface area contributed by atoms with E-state index in [0.717, 1.165) is 34.6 Å². The number of aliphatic carboxylic acids is 1. The van der Waals surface area contributed by atoms with Gasteiger partial charge < -0.3 is 28.8 Å². The maximum absolute atomic E-state index is 13.2. The molecule has 1 aliphatic heterocycles. The van der Waals surface area contributed by atoms with Gasteiger partial charge in [-0.1, -0.05) is 31.2 Å². The number of carbonyl (C=O) groups is 1. The van der Waals surface area contributed by atoms with Crippen molar-refractivity contribution in [1.29, 1.82) is 0 Å². The SMILES string of the molecule is CCCOc1ccc2c(c1)CC(C(=O)O)C2(c1ccc2c(c1)OCO2)c1ccc(OC)cc1OCc1ccccn1. The van der Waals surface area contributed by atoms with Gasteiger partial charge in [0.25, 0.3) is 0 Å². The van der Waals surface area contributed by atoms with Crippen molar-refractivity contribution >= 4 is 5.97 Å².